The number of fused-ring (bicyclic) bond motifs is 1. The van der Waals surface area contributed by atoms with E-state index in [1.807, 2.05) is 0 Å². The molecule has 0 aliphatic rings. The van der Waals surface area contributed by atoms with Crippen LogP contribution in [0.5, 0.6) is 5.75 Å². The first-order chi connectivity index (χ1) is 16.4. The maximum atomic E-state index is 13.8. The summed E-state index contributed by atoms with van der Waals surface area (Å²) < 4.78 is 152. The molecule has 0 saturated carbocycles. The second kappa shape index (κ2) is 9.66. The number of sulfone groups is 1. The highest BCUT2D eigenvalue weighted by molar-refractivity contribution is 8.00. The van der Waals surface area contributed by atoms with Crippen molar-refractivity contribution in [3.05, 3.63) is 36.4 Å². The molecule has 3 rings (SSSR count). The van der Waals surface area contributed by atoms with Gasteiger partial charge in [-0.3, -0.25) is 0 Å². The zero-order valence-corrected chi connectivity index (χ0v) is 19.1. The lowest BCUT2D eigenvalue weighted by Crippen LogP contribution is -2.41. The van der Waals surface area contributed by atoms with Crippen LogP contribution in [-0.2, 0) is 14.6 Å². The van der Waals surface area contributed by atoms with E-state index in [0.29, 0.717) is 12.1 Å². The van der Waals surface area contributed by atoms with Crippen LogP contribution in [0.25, 0.3) is 22.6 Å². The van der Waals surface area contributed by atoms with Crippen LogP contribution >= 0.6 is 11.8 Å². The molecule has 198 valence electrons. The van der Waals surface area contributed by atoms with Crippen molar-refractivity contribution >= 4 is 32.7 Å². The SMILES string of the molecule is CCS(=O)(=O)c1cc(OC(F)(F)C(F)OC(F)(F)F)ccc1-c1nc2cc(SC(F)(F)F)ccc2o1. The minimum Gasteiger partial charge on any atom is -0.436 e. The summed E-state index contributed by atoms with van der Waals surface area (Å²) in [6, 6.07) is 5.26. The van der Waals surface area contributed by atoms with Crippen molar-refractivity contribution in [1.82, 2.24) is 4.98 Å². The summed E-state index contributed by atoms with van der Waals surface area (Å²) in [6.07, 6.45) is -15.2. The fourth-order valence-corrected chi connectivity index (χ4v) is 4.44. The van der Waals surface area contributed by atoms with Gasteiger partial charge in [0.1, 0.15) is 11.3 Å². The summed E-state index contributed by atoms with van der Waals surface area (Å²) in [7, 11) is -4.26. The predicted octanol–water partition coefficient (Wildman–Crippen LogP) is 6.70. The molecule has 0 bridgehead atoms. The summed E-state index contributed by atoms with van der Waals surface area (Å²) in [5.41, 5.74) is -5.04. The maximum absolute atomic E-state index is 13.8. The number of oxazole rings is 1. The molecule has 0 saturated heterocycles. The van der Waals surface area contributed by atoms with Crippen LogP contribution in [0.4, 0.5) is 39.5 Å². The first kappa shape index (κ1) is 27.9. The van der Waals surface area contributed by atoms with Crippen molar-refractivity contribution in [1.29, 1.82) is 0 Å². The average molecular weight is 569 g/mol. The van der Waals surface area contributed by atoms with Gasteiger partial charge in [-0.2, -0.15) is 22.0 Å². The quantitative estimate of drug-likeness (QED) is 0.221. The topological polar surface area (TPSA) is 78.6 Å². The molecule has 1 heterocycles. The molecule has 0 radical (unpaired) electrons. The third kappa shape index (κ3) is 6.76. The summed E-state index contributed by atoms with van der Waals surface area (Å²) in [5.74, 6) is -2.05. The van der Waals surface area contributed by atoms with Gasteiger partial charge in [0.15, 0.2) is 15.4 Å². The Labute approximate surface area is 200 Å². The van der Waals surface area contributed by atoms with E-state index in [2.05, 4.69) is 14.5 Å². The lowest BCUT2D eigenvalue weighted by Gasteiger charge is -2.22. The molecular weight excluding hydrogens is 557 g/mol. The van der Waals surface area contributed by atoms with Crippen molar-refractivity contribution in [3.63, 3.8) is 0 Å². The first-order valence-corrected chi connectivity index (χ1v) is 11.9. The number of thioether (sulfide) groups is 1. The summed E-state index contributed by atoms with van der Waals surface area (Å²) >= 11 is -0.432. The third-order valence-corrected chi connectivity index (χ3v) is 6.74. The van der Waals surface area contributed by atoms with Crippen LogP contribution in [0.2, 0.25) is 0 Å². The molecule has 0 aliphatic heterocycles. The van der Waals surface area contributed by atoms with Crippen LogP contribution in [0, 0.1) is 0 Å². The molecule has 1 unspecified atom stereocenters. The van der Waals surface area contributed by atoms with E-state index in [-0.39, 0.29) is 21.6 Å². The van der Waals surface area contributed by atoms with E-state index in [1.165, 1.54) is 6.92 Å². The van der Waals surface area contributed by atoms with Gasteiger partial charge in [-0.05, 0) is 48.2 Å². The molecule has 1 atom stereocenters. The molecule has 0 fully saturated rings. The minimum atomic E-state index is -5.75. The molecule has 0 amide bonds. The van der Waals surface area contributed by atoms with E-state index < -0.39 is 68.2 Å². The lowest BCUT2D eigenvalue weighted by atomic mass is 10.2. The fourth-order valence-electron chi connectivity index (χ4n) is 2.76. The number of nitrogens with zero attached hydrogens (tertiary/aromatic N) is 1. The largest absolute Gasteiger partial charge is 0.525 e. The van der Waals surface area contributed by atoms with E-state index >= 15 is 0 Å². The van der Waals surface area contributed by atoms with Crippen molar-refractivity contribution in [2.75, 3.05) is 5.75 Å². The van der Waals surface area contributed by atoms with Crippen LogP contribution in [0.1, 0.15) is 6.92 Å². The predicted molar refractivity (Wildman–Crippen MR) is 107 cm³/mol. The highest BCUT2D eigenvalue weighted by Crippen LogP contribution is 2.40. The van der Waals surface area contributed by atoms with Crippen LogP contribution in [0.3, 0.4) is 0 Å². The second-order valence-electron chi connectivity index (χ2n) is 6.80. The van der Waals surface area contributed by atoms with Gasteiger partial charge in [-0.1, -0.05) is 6.92 Å². The average Bonchev–Trinajstić information content (AvgIpc) is 3.14. The van der Waals surface area contributed by atoms with Crippen LogP contribution < -0.4 is 4.74 Å². The zero-order valence-electron chi connectivity index (χ0n) is 17.5. The third-order valence-electron chi connectivity index (χ3n) is 4.25. The highest BCUT2D eigenvalue weighted by atomic mass is 32.2. The Bertz CT molecular complexity index is 1350. The molecule has 0 spiro atoms. The molecule has 6 nitrogen and oxygen atoms in total. The van der Waals surface area contributed by atoms with Crippen LogP contribution in [0.15, 0.2) is 50.6 Å². The van der Waals surface area contributed by atoms with Gasteiger partial charge in [0, 0.05) is 4.90 Å². The van der Waals surface area contributed by atoms with Gasteiger partial charge >= 0.3 is 24.3 Å². The number of hydrogen-bond donors (Lipinski definition) is 0. The molecule has 0 N–H and O–H groups in total. The number of halogens is 9. The van der Waals surface area contributed by atoms with E-state index in [9.17, 15) is 47.9 Å². The molecule has 0 aliphatic carbocycles. The Morgan fingerprint density at radius 2 is 1.69 bits per heavy atom. The second-order valence-corrected chi connectivity index (χ2v) is 10.2. The maximum Gasteiger partial charge on any atom is 0.525 e. The summed E-state index contributed by atoms with van der Waals surface area (Å²) in [6.45, 7) is 1.18. The number of hydrogen-bond acceptors (Lipinski definition) is 7. The number of alkyl halides is 9. The van der Waals surface area contributed by atoms with Gasteiger partial charge in [0.05, 0.1) is 16.2 Å². The first-order valence-electron chi connectivity index (χ1n) is 9.39. The molecule has 2 aromatic carbocycles. The minimum absolute atomic E-state index is 0.0344. The monoisotopic (exact) mass is 569 g/mol. The van der Waals surface area contributed by atoms with Gasteiger partial charge in [0.2, 0.25) is 5.89 Å². The molecule has 17 heteroatoms. The Kier molecular flexibility index (Phi) is 7.49. The smallest absolute Gasteiger partial charge is 0.436 e. The van der Waals surface area contributed by atoms with Gasteiger partial charge in [-0.15, -0.1) is 13.2 Å². The van der Waals surface area contributed by atoms with Gasteiger partial charge < -0.3 is 9.15 Å². The normalized spacial score (nSPS) is 14.3. The van der Waals surface area contributed by atoms with E-state index in [1.54, 1.807) is 0 Å². The van der Waals surface area contributed by atoms with Crippen molar-refractivity contribution in [2.24, 2.45) is 0 Å². The zero-order chi connectivity index (χ0) is 27.1. The van der Waals surface area contributed by atoms with Crippen molar-refractivity contribution in [3.8, 4) is 17.2 Å². The Morgan fingerprint density at radius 1 is 1.03 bits per heavy atom. The Hall–Kier alpha value is -2.66. The highest BCUT2D eigenvalue weighted by Gasteiger charge is 2.50. The van der Waals surface area contributed by atoms with Crippen LogP contribution in [-0.4, -0.2) is 43.5 Å². The molecule has 36 heavy (non-hydrogen) atoms. The summed E-state index contributed by atoms with van der Waals surface area (Å²) in [4.78, 5) is 2.98. The number of aromatic nitrogens is 1. The lowest BCUT2D eigenvalue weighted by molar-refractivity contribution is -0.411. The fraction of sp³-hybridized carbons (Fsp3) is 0.316. The molecule has 1 aromatic heterocycles. The number of rotatable bonds is 8. The molecule has 3 aromatic rings. The van der Waals surface area contributed by atoms with Gasteiger partial charge in [0.25, 0.3) is 0 Å². The molecular formula is C19H12F9NO5S2. The van der Waals surface area contributed by atoms with Gasteiger partial charge in [-0.25, -0.2) is 22.5 Å². The number of benzene rings is 2. The number of ether oxygens (including phenoxy) is 2. The summed E-state index contributed by atoms with van der Waals surface area (Å²) in [5, 5.41) is 0. The van der Waals surface area contributed by atoms with E-state index in [4.69, 9.17) is 4.42 Å². The van der Waals surface area contributed by atoms with Crippen molar-refractivity contribution < 1.29 is 61.8 Å². The Balaban J connectivity index is 2.02. The van der Waals surface area contributed by atoms with E-state index in [0.717, 1.165) is 24.3 Å². The standard InChI is InChI=1S/C19H12F9NO5S2/c1-2-36(30,31)14-7-9(33-17(21,22)16(20)34-18(23,24)25)3-5-11(14)15-29-12-8-10(35-19(26,27)28)4-6-13(12)32-15/h3-8,16H,2H2,1H3. The van der Waals surface area contributed by atoms with Crippen molar-refractivity contribution in [2.45, 2.75) is 41.1 Å². The Morgan fingerprint density at radius 3 is 2.28 bits per heavy atom.